The third-order valence-electron chi connectivity index (χ3n) is 4.03. The smallest absolute Gasteiger partial charge is 0.0489 e. The summed E-state index contributed by atoms with van der Waals surface area (Å²) >= 11 is 0. The van der Waals surface area contributed by atoms with E-state index in [1.165, 1.54) is 40.6 Å². The minimum Gasteiger partial charge on any atom is -0.357 e. The van der Waals surface area contributed by atoms with E-state index in [2.05, 4.69) is 44.8 Å². The number of fused-ring (bicyclic) bond motifs is 3. The quantitative estimate of drug-likeness (QED) is 0.680. The van der Waals surface area contributed by atoms with Gasteiger partial charge in [-0.2, -0.15) is 0 Å². The van der Waals surface area contributed by atoms with Crippen molar-refractivity contribution in [3.8, 4) is 0 Å². The summed E-state index contributed by atoms with van der Waals surface area (Å²) in [5.41, 5.74) is 7.46. The number of aromatic nitrogens is 1. The van der Waals surface area contributed by atoms with E-state index in [1.807, 2.05) is 0 Å². The molecule has 1 aromatic carbocycles. The predicted molar refractivity (Wildman–Crippen MR) is 69.1 cm³/mol. The summed E-state index contributed by atoms with van der Waals surface area (Å²) in [6, 6.07) is 4.60. The van der Waals surface area contributed by atoms with Crippen LogP contribution in [0.25, 0.3) is 10.9 Å². The summed E-state index contributed by atoms with van der Waals surface area (Å²) in [6.45, 7) is 9.08. The maximum absolute atomic E-state index is 3.66. The van der Waals surface area contributed by atoms with Gasteiger partial charge in [-0.05, 0) is 43.9 Å². The number of hydrogen-bond acceptors (Lipinski definition) is 0. The van der Waals surface area contributed by atoms with Gasteiger partial charge in [-0.3, -0.25) is 0 Å². The van der Waals surface area contributed by atoms with E-state index in [0.717, 1.165) is 0 Å². The number of rotatable bonds is 0. The van der Waals surface area contributed by atoms with Crippen LogP contribution in [0.1, 0.15) is 42.7 Å². The van der Waals surface area contributed by atoms with Crippen LogP contribution in [0.4, 0.5) is 0 Å². The van der Waals surface area contributed by atoms with Crippen molar-refractivity contribution in [1.82, 2.24) is 4.98 Å². The average molecular weight is 213 g/mol. The molecule has 0 aliphatic heterocycles. The fraction of sp³-hybridized carbons (Fsp3) is 0.467. The minimum atomic E-state index is 0.328. The Morgan fingerprint density at radius 1 is 1.19 bits per heavy atom. The van der Waals surface area contributed by atoms with Gasteiger partial charge in [-0.15, -0.1) is 0 Å². The Morgan fingerprint density at radius 2 is 1.94 bits per heavy atom. The molecule has 0 bridgehead atoms. The molecule has 0 spiro atoms. The first kappa shape index (κ1) is 9.95. The SMILES string of the molecule is Cc1cc(C)c2[nH]c3c(c2c1)CCC3(C)C. The molecule has 1 nitrogen and oxygen atoms in total. The molecule has 0 atom stereocenters. The zero-order chi connectivity index (χ0) is 11.5. The van der Waals surface area contributed by atoms with Gasteiger partial charge in [-0.1, -0.05) is 25.5 Å². The third-order valence-corrected chi connectivity index (χ3v) is 4.03. The zero-order valence-corrected chi connectivity index (χ0v) is 10.6. The molecule has 1 aliphatic rings. The Balaban J connectivity index is 2.40. The van der Waals surface area contributed by atoms with E-state index in [0.29, 0.717) is 5.41 Å². The topological polar surface area (TPSA) is 15.8 Å². The highest BCUT2D eigenvalue weighted by Crippen LogP contribution is 2.42. The number of H-pyrrole nitrogens is 1. The fourth-order valence-corrected chi connectivity index (χ4v) is 3.11. The largest absolute Gasteiger partial charge is 0.357 e. The Kier molecular flexibility index (Phi) is 1.81. The van der Waals surface area contributed by atoms with Crippen molar-refractivity contribution in [2.45, 2.75) is 46.0 Å². The Hall–Kier alpha value is -1.24. The van der Waals surface area contributed by atoms with Crippen molar-refractivity contribution in [2.75, 3.05) is 0 Å². The van der Waals surface area contributed by atoms with Crippen LogP contribution in [0.15, 0.2) is 12.1 Å². The standard InChI is InChI=1S/C15H19N/c1-9-7-10(2)13-12(8-9)11-5-6-15(3,4)14(11)16-13/h7-8,16H,5-6H2,1-4H3. The van der Waals surface area contributed by atoms with Crippen LogP contribution >= 0.6 is 0 Å². The summed E-state index contributed by atoms with van der Waals surface area (Å²) in [4.78, 5) is 3.66. The van der Waals surface area contributed by atoms with Gasteiger partial charge in [0.2, 0.25) is 0 Å². The Bertz CT molecular complexity index is 573. The second kappa shape index (κ2) is 2.91. The fourth-order valence-electron chi connectivity index (χ4n) is 3.11. The molecule has 1 aliphatic carbocycles. The molecule has 3 rings (SSSR count). The van der Waals surface area contributed by atoms with Crippen molar-refractivity contribution in [1.29, 1.82) is 0 Å². The van der Waals surface area contributed by atoms with Gasteiger partial charge >= 0.3 is 0 Å². The lowest BCUT2D eigenvalue weighted by Gasteiger charge is -2.16. The van der Waals surface area contributed by atoms with Gasteiger partial charge in [-0.25, -0.2) is 0 Å². The van der Waals surface area contributed by atoms with Gasteiger partial charge in [0.1, 0.15) is 0 Å². The zero-order valence-electron chi connectivity index (χ0n) is 10.6. The summed E-state index contributed by atoms with van der Waals surface area (Å²) in [5.74, 6) is 0. The second-order valence-electron chi connectivity index (χ2n) is 5.87. The van der Waals surface area contributed by atoms with E-state index in [4.69, 9.17) is 0 Å². The average Bonchev–Trinajstić information content (AvgIpc) is 2.66. The molecule has 0 saturated heterocycles. The van der Waals surface area contributed by atoms with Crippen molar-refractivity contribution in [3.05, 3.63) is 34.5 Å². The first-order valence-corrected chi connectivity index (χ1v) is 6.11. The van der Waals surface area contributed by atoms with Crippen LogP contribution in [-0.4, -0.2) is 4.98 Å². The number of hydrogen-bond donors (Lipinski definition) is 1. The molecular formula is C15H19N. The third kappa shape index (κ3) is 1.17. The molecule has 1 N–H and O–H groups in total. The van der Waals surface area contributed by atoms with Crippen molar-refractivity contribution >= 4 is 10.9 Å². The van der Waals surface area contributed by atoms with Gasteiger partial charge in [0.15, 0.2) is 0 Å². The molecule has 0 fully saturated rings. The lowest BCUT2D eigenvalue weighted by Crippen LogP contribution is -2.12. The van der Waals surface area contributed by atoms with Crippen LogP contribution in [0.3, 0.4) is 0 Å². The molecule has 1 aromatic heterocycles. The van der Waals surface area contributed by atoms with Crippen LogP contribution in [0.2, 0.25) is 0 Å². The van der Waals surface area contributed by atoms with E-state index < -0.39 is 0 Å². The highest BCUT2D eigenvalue weighted by atomic mass is 14.8. The lowest BCUT2D eigenvalue weighted by atomic mass is 9.91. The maximum atomic E-state index is 3.66. The second-order valence-corrected chi connectivity index (χ2v) is 5.87. The van der Waals surface area contributed by atoms with Crippen LogP contribution in [-0.2, 0) is 11.8 Å². The summed E-state index contributed by atoms with van der Waals surface area (Å²) in [7, 11) is 0. The molecular weight excluding hydrogens is 194 g/mol. The molecule has 0 saturated carbocycles. The summed E-state index contributed by atoms with van der Waals surface area (Å²) in [6.07, 6.45) is 2.50. The van der Waals surface area contributed by atoms with E-state index in [-0.39, 0.29) is 0 Å². The first-order chi connectivity index (χ1) is 7.49. The monoisotopic (exact) mass is 213 g/mol. The molecule has 0 radical (unpaired) electrons. The van der Waals surface area contributed by atoms with Crippen molar-refractivity contribution in [3.63, 3.8) is 0 Å². The van der Waals surface area contributed by atoms with Gasteiger partial charge in [0.25, 0.3) is 0 Å². The van der Waals surface area contributed by atoms with Gasteiger partial charge in [0.05, 0.1) is 0 Å². The van der Waals surface area contributed by atoms with Crippen molar-refractivity contribution in [2.24, 2.45) is 0 Å². The van der Waals surface area contributed by atoms with E-state index in [9.17, 15) is 0 Å². The number of aromatic amines is 1. The van der Waals surface area contributed by atoms with E-state index in [1.54, 1.807) is 5.56 Å². The Morgan fingerprint density at radius 3 is 2.69 bits per heavy atom. The molecule has 16 heavy (non-hydrogen) atoms. The molecule has 2 aromatic rings. The van der Waals surface area contributed by atoms with Gasteiger partial charge < -0.3 is 4.98 Å². The van der Waals surface area contributed by atoms with E-state index >= 15 is 0 Å². The predicted octanol–water partition coefficient (Wildman–Crippen LogP) is 4.01. The van der Waals surface area contributed by atoms with Crippen LogP contribution in [0.5, 0.6) is 0 Å². The van der Waals surface area contributed by atoms with Crippen LogP contribution in [0, 0.1) is 13.8 Å². The van der Waals surface area contributed by atoms with Crippen molar-refractivity contribution < 1.29 is 0 Å². The highest BCUT2D eigenvalue weighted by molar-refractivity contribution is 5.89. The highest BCUT2D eigenvalue weighted by Gasteiger charge is 2.33. The summed E-state index contributed by atoms with van der Waals surface area (Å²) < 4.78 is 0. The van der Waals surface area contributed by atoms with Gasteiger partial charge in [0, 0.05) is 22.0 Å². The number of aryl methyl sites for hydroxylation is 3. The maximum Gasteiger partial charge on any atom is 0.0489 e. The minimum absolute atomic E-state index is 0.328. The Labute approximate surface area is 96.9 Å². The number of benzene rings is 1. The lowest BCUT2D eigenvalue weighted by molar-refractivity contribution is 0.510. The molecule has 84 valence electrons. The van der Waals surface area contributed by atoms with Crippen LogP contribution < -0.4 is 0 Å². The molecule has 1 heteroatoms. The molecule has 0 unspecified atom stereocenters. The molecule has 0 amide bonds. The number of nitrogens with one attached hydrogen (secondary N) is 1. The molecule has 1 heterocycles. The summed E-state index contributed by atoms with van der Waals surface area (Å²) in [5, 5.41) is 1.46. The normalized spacial score (nSPS) is 18.0. The first-order valence-electron chi connectivity index (χ1n) is 6.11.